The summed E-state index contributed by atoms with van der Waals surface area (Å²) in [5.74, 6) is -0.901. The highest BCUT2D eigenvalue weighted by molar-refractivity contribution is 5.80. The van der Waals surface area contributed by atoms with Crippen molar-refractivity contribution in [1.82, 2.24) is 5.06 Å². The normalized spacial score (nSPS) is 27.4. The van der Waals surface area contributed by atoms with Gasteiger partial charge in [-0.1, -0.05) is 0 Å². The summed E-state index contributed by atoms with van der Waals surface area (Å²) in [4.78, 5) is 27.4. The van der Waals surface area contributed by atoms with E-state index in [0.29, 0.717) is 0 Å². The second-order valence-electron chi connectivity index (χ2n) is 2.94. The Bertz CT molecular complexity index is 242. The fraction of sp³-hybridized carbons (Fsp3) is 0.750. The summed E-state index contributed by atoms with van der Waals surface area (Å²) in [6, 6.07) is -0.538. The first kappa shape index (κ1) is 10.9. The standard InChI is InChI=1S/C8H13NO5/c1-9-5(7(10)12-2)4-6(14-9)8(11)13-3/h5-6H,4H2,1-3H3. The van der Waals surface area contributed by atoms with Crippen LogP contribution in [0.1, 0.15) is 6.42 Å². The van der Waals surface area contributed by atoms with Crippen LogP contribution in [-0.2, 0) is 23.9 Å². The Labute approximate surface area is 81.7 Å². The molecule has 6 nitrogen and oxygen atoms in total. The highest BCUT2D eigenvalue weighted by atomic mass is 16.7. The molecule has 0 bridgehead atoms. The third kappa shape index (κ3) is 2.02. The van der Waals surface area contributed by atoms with Crippen molar-refractivity contribution in [2.75, 3.05) is 21.3 Å². The lowest BCUT2D eigenvalue weighted by molar-refractivity contribution is -0.185. The van der Waals surface area contributed by atoms with Gasteiger partial charge in [-0.3, -0.25) is 9.63 Å². The van der Waals surface area contributed by atoms with Crippen molar-refractivity contribution in [1.29, 1.82) is 0 Å². The van der Waals surface area contributed by atoms with E-state index in [1.165, 1.54) is 19.3 Å². The van der Waals surface area contributed by atoms with Gasteiger partial charge < -0.3 is 9.47 Å². The summed E-state index contributed by atoms with van der Waals surface area (Å²) in [5, 5.41) is 1.31. The van der Waals surface area contributed by atoms with Crippen LogP contribution >= 0.6 is 0 Å². The van der Waals surface area contributed by atoms with E-state index in [0.717, 1.165) is 0 Å². The Kier molecular flexibility index (Phi) is 3.43. The lowest BCUT2D eigenvalue weighted by atomic mass is 10.1. The summed E-state index contributed by atoms with van der Waals surface area (Å²) in [5.41, 5.74) is 0. The molecule has 1 aliphatic heterocycles. The van der Waals surface area contributed by atoms with Crippen LogP contribution in [0.25, 0.3) is 0 Å². The Morgan fingerprint density at radius 3 is 2.36 bits per heavy atom. The number of esters is 2. The average Bonchev–Trinajstić information content (AvgIpc) is 2.58. The highest BCUT2D eigenvalue weighted by Gasteiger charge is 2.40. The SMILES string of the molecule is COC(=O)C1CC(C(=O)OC)N(C)O1. The molecule has 0 aromatic rings. The Morgan fingerprint density at radius 1 is 1.29 bits per heavy atom. The molecule has 2 unspecified atom stereocenters. The number of hydrogen-bond acceptors (Lipinski definition) is 6. The number of methoxy groups -OCH3 is 2. The van der Waals surface area contributed by atoms with E-state index in [2.05, 4.69) is 9.47 Å². The van der Waals surface area contributed by atoms with Gasteiger partial charge in [-0.15, -0.1) is 0 Å². The monoisotopic (exact) mass is 203 g/mol. The maximum absolute atomic E-state index is 11.2. The van der Waals surface area contributed by atoms with Gasteiger partial charge in [0.05, 0.1) is 14.2 Å². The van der Waals surface area contributed by atoms with Gasteiger partial charge >= 0.3 is 11.9 Å². The predicted octanol–water partition coefficient (Wildman–Crippen LogP) is -0.663. The first-order chi connectivity index (χ1) is 6.60. The second-order valence-corrected chi connectivity index (χ2v) is 2.94. The van der Waals surface area contributed by atoms with Gasteiger partial charge in [0.1, 0.15) is 6.04 Å². The van der Waals surface area contributed by atoms with E-state index >= 15 is 0 Å². The third-order valence-electron chi connectivity index (χ3n) is 2.11. The van der Waals surface area contributed by atoms with Gasteiger partial charge in [-0.25, -0.2) is 4.79 Å². The van der Waals surface area contributed by atoms with E-state index in [9.17, 15) is 9.59 Å². The van der Waals surface area contributed by atoms with E-state index < -0.39 is 24.1 Å². The lowest BCUT2D eigenvalue weighted by Gasteiger charge is -2.14. The smallest absolute Gasteiger partial charge is 0.337 e. The van der Waals surface area contributed by atoms with Crippen LogP contribution in [0, 0.1) is 0 Å². The molecule has 0 aromatic heterocycles. The maximum atomic E-state index is 11.2. The van der Waals surface area contributed by atoms with Gasteiger partial charge in [0.25, 0.3) is 0 Å². The Hall–Kier alpha value is -1.14. The third-order valence-corrected chi connectivity index (χ3v) is 2.11. The van der Waals surface area contributed by atoms with Crippen LogP contribution < -0.4 is 0 Å². The molecule has 1 aliphatic rings. The zero-order valence-electron chi connectivity index (χ0n) is 8.35. The molecule has 0 aromatic carbocycles. The van der Waals surface area contributed by atoms with Crippen LogP contribution in [0.15, 0.2) is 0 Å². The molecule has 0 N–H and O–H groups in total. The van der Waals surface area contributed by atoms with E-state index in [1.807, 2.05) is 0 Å². The molecule has 0 amide bonds. The fourth-order valence-electron chi connectivity index (χ4n) is 1.32. The van der Waals surface area contributed by atoms with Gasteiger partial charge in [0, 0.05) is 13.5 Å². The minimum absolute atomic E-state index is 0.260. The van der Waals surface area contributed by atoms with Crippen molar-refractivity contribution >= 4 is 11.9 Å². The molecule has 1 saturated heterocycles. The molecular weight excluding hydrogens is 190 g/mol. The Balaban J connectivity index is 2.59. The first-order valence-electron chi connectivity index (χ1n) is 4.15. The van der Waals surface area contributed by atoms with Crippen molar-refractivity contribution in [2.45, 2.75) is 18.6 Å². The topological polar surface area (TPSA) is 65.1 Å². The van der Waals surface area contributed by atoms with Gasteiger partial charge in [-0.05, 0) is 0 Å². The molecule has 2 atom stereocenters. The molecule has 1 rings (SSSR count). The maximum Gasteiger partial charge on any atom is 0.337 e. The highest BCUT2D eigenvalue weighted by Crippen LogP contribution is 2.20. The summed E-state index contributed by atoms with van der Waals surface area (Å²) in [6.07, 6.45) is -0.454. The summed E-state index contributed by atoms with van der Waals surface area (Å²) < 4.78 is 9.05. The molecule has 0 spiro atoms. The van der Waals surface area contributed by atoms with Crippen LogP contribution in [0.5, 0.6) is 0 Å². The molecule has 14 heavy (non-hydrogen) atoms. The average molecular weight is 203 g/mol. The number of nitrogens with zero attached hydrogens (tertiary/aromatic N) is 1. The van der Waals surface area contributed by atoms with Crippen molar-refractivity contribution in [3.05, 3.63) is 0 Å². The summed E-state index contributed by atoms with van der Waals surface area (Å²) in [6.45, 7) is 0. The predicted molar refractivity (Wildman–Crippen MR) is 45.1 cm³/mol. The summed E-state index contributed by atoms with van der Waals surface area (Å²) in [7, 11) is 4.14. The van der Waals surface area contributed by atoms with Crippen molar-refractivity contribution in [3.8, 4) is 0 Å². The summed E-state index contributed by atoms with van der Waals surface area (Å²) >= 11 is 0. The number of hydrogen-bond donors (Lipinski definition) is 0. The molecule has 80 valence electrons. The Morgan fingerprint density at radius 2 is 1.86 bits per heavy atom. The van der Waals surface area contributed by atoms with E-state index in [-0.39, 0.29) is 6.42 Å². The number of carbonyl (C=O) groups is 2. The molecule has 1 fully saturated rings. The number of likely N-dealkylation sites (N-methyl/N-ethyl adjacent to an activating group) is 1. The molecular formula is C8H13NO5. The van der Waals surface area contributed by atoms with Crippen LogP contribution in [0.3, 0.4) is 0 Å². The zero-order valence-corrected chi connectivity index (χ0v) is 8.35. The van der Waals surface area contributed by atoms with Crippen LogP contribution in [-0.4, -0.2) is 50.4 Å². The molecule has 6 heteroatoms. The first-order valence-corrected chi connectivity index (χ1v) is 4.15. The molecule has 0 aliphatic carbocycles. The fourth-order valence-corrected chi connectivity index (χ4v) is 1.32. The number of carbonyl (C=O) groups excluding carboxylic acids is 2. The van der Waals surface area contributed by atoms with Crippen molar-refractivity contribution < 1.29 is 23.9 Å². The van der Waals surface area contributed by atoms with Crippen LogP contribution in [0.4, 0.5) is 0 Å². The van der Waals surface area contributed by atoms with Gasteiger partial charge in [-0.2, -0.15) is 5.06 Å². The largest absolute Gasteiger partial charge is 0.468 e. The second kappa shape index (κ2) is 4.39. The number of rotatable bonds is 2. The molecule has 0 radical (unpaired) electrons. The lowest BCUT2D eigenvalue weighted by Crippen LogP contribution is -2.32. The van der Waals surface area contributed by atoms with E-state index in [1.54, 1.807) is 7.05 Å². The molecule has 0 saturated carbocycles. The quantitative estimate of drug-likeness (QED) is 0.555. The minimum atomic E-state index is -0.714. The van der Waals surface area contributed by atoms with Crippen LogP contribution in [0.2, 0.25) is 0 Å². The van der Waals surface area contributed by atoms with Crippen molar-refractivity contribution in [2.24, 2.45) is 0 Å². The van der Waals surface area contributed by atoms with E-state index in [4.69, 9.17) is 4.84 Å². The number of hydroxylamine groups is 2. The van der Waals surface area contributed by atoms with Gasteiger partial charge in [0.15, 0.2) is 6.10 Å². The minimum Gasteiger partial charge on any atom is -0.468 e. The van der Waals surface area contributed by atoms with Crippen molar-refractivity contribution in [3.63, 3.8) is 0 Å². The van der Waals surface area contributed by atoms with Gasteiger partial charge in [0.2, 0.25) is 0 Å². The zero-order chi connectivity index (χ0) is 10.7. The number of ether oxygens (including phenoxy) is 2. The molecule has 1 heterocycles.